The molecule has 1 aliphatic rings. The molecule has 0 radical (unpaired) electrons. The second kappa shape index (κ2) is 6.56. The van der Waals surface area contributed by atoms with Crippen molar-refractivity contribution in [3.05, 3.63) is 12.4 Å². The predicted octanol–water partition coefficient (Wildman–Crippen LogP) is 1.08. The number of nitrogens with zero attached hydrogens (tertiary/aromatic N) is 2. The first-order valence-electron chi connectivity index (χ1n) is 6.79. The van der Waals surface area contributed by atoms with E-state index in [0.717, 1.165) is 32.5 Å². The summed E-state index contributed by atoms with van der Waals surface area (Å²) in [5.41, 5.74) is 0. The molecule has 2 heterocycles. The fourth-order valence-electron chi connectivity index (χ4n) is 2.42. The summed E-state index contributed by atoms with van der Waals surface area (Å²) in [7, 11) is 0. The van der Waals surface area contributed by atoms with E-state index < -0.39 is 0 Å². The summed E-state index contributed by atoms with van der Waals surface area (Å²) in [5.74, 6) is 0.506. The summed E-state index contributed by atoms with van der Waals surface area (Å²) < 4.78 is 6.89. The highest BCUT2D eigenvalue weighted by Crippen LogP contribution is 2.26. The number of likely N-dealkylation sites (N-methyl/N-ethyl adjacent to an activating group) is 1. The molecule has 0 bridgehead atoms. The van der Waals surface area contributed by atoms with Crippen molar-refractivity contribution >= 4 is 5.91 Å². The maximum absolute atomic E-state index is 12.1. The SMILES string of the molecule is CCNC(=O)C(CC1CCOCC1)n1cc(O)cn1. The molecule has 1 unspecified atom stereocenters. The fraction of sp³-hybridized carbons (Fsp3) is 0.692. The molecule has 6 nitrogen and oxygen atoms in total. The van der Waals surface area contributed by atoms with Gasteiger partial charge in [0.25, 0.3) is 0 Å². The van der Waals surface area contributed by atoms with E-state index in [0.29, 0.717) is 12.5 Å². The van der Waals surface area contributed by atoms with Gasteiger partial charge in [0.05, 0.1) is 12.4 Å². The number of ether oxygens (including phenoxy) is 1. The van der Waals surface area contributed by atoms with Crippen molar-refractivity contribution in [2.45, 2.75) is 32.2 Å². The molecule has 2 rings (SSSR count). The van der Waals surface area contributed by atoms with Crippen LogP contribution < -0.4 is 5.32 Å². The van der Waals surface area contributed by atoms with Crippen LogP contribution in [0.4, 0.5) is 0 Å². The van der Waals surface area contributed by atoms with Crippen molar-refractivity contribution in [3.63, 3.8) is 0 Å². The van der Waals surface area contributed by atoms with Gasteiger partial charge in [0.1, 0.15) is 6.04 Å². The van der Waals surface area contributed by atoms with E-state index in [1.165, 1.54) is 12.4 Å². The highest BCUT2D eigenvalue weighted by Gasteiger charge is 2.26. The van der Waals surface area contributed by atoms with E-state index in [-0.39, 0.29) is 17.7 Å². The van der Waals surface area contributed by atoms with E-state index in [4.69, 9.17) is 4.74 Å². The van der Waals surface area contributed by atoms with Crippen LogP contribution in [0.25, 0.3) is 0 Å². The zero-order valence-corrected chi connectivity index (χ0v) is 11.2. The summed E-state index contributed by atoms with van der Waals surface area (Å²) >= 11 is 0. The van der Waals surface area contributed by atoms with Crippen molar-refractivity contribution in [2.24, 2.45) is 5.92 Å². The number of carbonyl (C=O) groups is 1. The second-order valence-electron chi connectivity index (χ2n) is 4.88. The molecule has 1 aromatic rings. The third-order valence-electron chi connectivity index (χ3n) is 3.46. The number of aromatic nitrogens is 2. The number of carbonyl (C=O) groups excluding carboxylic acids is 1. The van der Waals surface area contributed by atoms with Crippen molar-refractivity contribution < 1.29 is 14.6 Å². The maximum Gasteiger partial charge on any atom is 0.244 e. The minimum absolute atomic E-state index is 0.0444. The first-order chi connectivity index (χ1) is 9.20. The quantitative estimate of drug-likeness (QED) is 0.837. The molecule has 6 heteroatoms. The van der Waals surface area contributed by atoms with Crippen LogP contribution in [0.2, 0.25) is 0 Å². The van der Waals surface area contributed by atoms with Crippen LogP contribution >= 0.6 is 0 Å². The summed E-state index contributed by atoms with van der Waals surface area (Å²) in [6, 6.07) is -0.357. The molecule has 19 heavy (non-hydrogen) atoms. The minimum atomic E-state index is -0.357. The molecule has 1 atom stereocenters. The van der Waals surface area contributed by atoms with Crippen LogP contribution in [0.1, 0.15) is 32.2 Å². The first kappa shape index (κ1) is 13.9. The maximum atomic E-state index is 12.1. The molecule has 0 saturated carbocycles. The molecule has 1 fully saturated rings. The summed E-state index contributed by atoms with van der Waals surface area (Å²) in [4.78, 5) is 12.1. The Labute approximate surface area is 112 Å². The van der Waals surface area contributed by atoms with Crippen molar-refractivity contribution in [1.82, 2.24) is 15.1 Å². The summed E-state index contributed by atoms with van der Waals surface area (Å²) in [5, 5.41) is 16.3. The van der Waals surface area contributed by atoms with E-state index in [9.17, 15) is 9.90 Å². The molecule has 1 aromatic heterocycles. The van der Waals surface area contributed by atoms with E-state index in [2.05, 4.69) is 10.4 Å². The van der Waals surface area contributed by atoms with Gasteiger partial charge in [-0.25, -0.2) is 0 Å². The van der Waals surface area contributed by atoms with Gasteiger partial charge in [-0.2, -0.15) is 5.10 Å². The van der Waals surface area contributed by atoms with E-state index in [1.54, 1.807) is 4.68 Å². The molecule has 106 valence electrons. The fourth-order valence-corrected chi connectivity index (χ4v) is 2.42. The van der Waals surface area contributed by atoms with Gasteiger partial charge in [-0.15, -0.1) is 0 Å². The molecule has 1 aliphatic heterocycles. The first-order valence-corrected chi connectivity index (χ1v) is 6.79. The van der Waals surface area contributed by atoms with Crippen LogP contribution in [-0.4, -0.2) is 40.6 Å². The van der Waals surface area contributed by atoms with E-state index >= 15 is 0 Å². The Hall–Kier alpha value is -1.56. The largest absolute Gasteiger partial charge is 0.505 e. The van der Waals surface area contributed by atoms with Gasteiger partial charge in [-0.05, 0) is 32.1 Å². The van der Waals surface area contributed by atoms with Crippen molar-refractivity contribution in [2.75, 3.05) is 19.8 Å². The van der Waals surface area contributed by atoms with Gasteiger partial charge in [0.15, 0.2) is 5.75 Å². The lowest BCUT2D eigenvalue weighted by atomic mass is 9.92. The Balaban J connectivity index is 2.07. The van der Waals surface area contributed by atoms with Gasteiger partial charge in [0, 0.05) is 19.8 Å². The zero-order valence-electron chi connectivity index (χ0n) is 11.2. The molecule has 2 N–H and O–H groups in total. The van der Waals surface area contributed by atoms with Gasteiger partial charge in [0.2, 0.25) is 5.91 Å². The molecule has 1 saturated heterocycles. The van der Waals surface area contributed by atoms with Gasteiger partial charge in [-0.1, -0.05) is 0 Å². The zero-order chi connectivity index (χ0) is 13.7. The molecule has 0 aliphatic carbocycles. The Morgan fingerprint density at radius 2 is 2.37 bits per heavy atom. The number of rotatable bonds is 5. The average molecular weight is 267 g/mol. The van der Waals surface area contributed by atoms with Crippen LogP contribution in [0.15, 0.2) is 12.4 Å². The Kier molecular flexibility index (Phi) is 4.79. The highest BCUT2D eigenvalue weighted by molar-refractivity contribution is 5.80. The van der Waals surface area contributed by atoms with E-state index in [1.807, 2.05) is 6.92 Å². The standard InChI is InChI=1S/C13H21N3O3/c1-2-14-13(18)12(16-9-11(17)8-15-16)7-10-3-5-19-6-4-10/h8-10,12,17H,2-7H2,1H3,(H,14,18). The molecular formula is C13H21N3O3. The monoisotopic (exact) mass is 267 g/mol. The van der Waals surface area contributed by atoms with Crippen LogP contribution in [-0.2, 0) is 9.53 Å². The lowest BCUT2D eigenvalue weighted by Gasteiger charge is -2.26. The van der Waals surface area contributed by atoms with Crippen LogP contribution in [0, 0.1) is 5.92 Å². The molecular weight excluding hydrogens is 246 g/mol. The minimum Gasteiger partial charge on any atom is -0.505 e. The van der Waals surface area contributed by atoms with Gasteiger partial charge < -0.3 is 15.2 Å². The van der Waals surface area contributed by atoms with Gasteiger partial charge >= 0.3 is 0 Å². The van der Waals surface area contributed by atoms with Crippen molar-refractivity contribution in [3.8, 4) is 5.75 Å². The number of aromatic hydroxyl groups is 1. The molecule has 1 amide bonds. The van der Waals surface area contributed by atoms with Crippen LogP contribution in [0.3, 0.4) is 0 Å². The third kappa shape index (κ3) is 3.70. The number of amides is 1. The van der Waals surface area contributed by atoms with Crippen molar-refractivity contribution in [1.29, 1.82) is 0 Å². The molecule has 0 aromatic carbocycles. The number of hydrogen-bond donors (Lipinski definition) is 2. The predicted molar refractivity (Wildman–Crippen MR) is 69.8 cm³/mol. The third-order valence-corrected chi connectivity index (χ3v) is 3.46. The topological polar surface area (TPSA) is 76.4 Å². The van der Waals surface area contributed by atoms with Crippen LogP contribution in [0.5, 0.6) is 5.75 Å². The summed E-state index contributed by atoms with van der Waals surface area (Å²) in [6.45, 7) is 4.01. The number of hydrogen-bond acceptors (Lipinski definition) is 4. The normalized spacial score (nSPS) is 18.2. The molecule has 0 spiro atoms. The van der Waals surface area contributed by atoms with Gasteiger partial charge in [-0.3, -0.25) is 9.48 Å². The Morgan fingerprint density at radius 3 is 2.95 bits per heavy atom. The average Bonchev–Trinajstić information content (AvgIpc) is 2.84. The lowest BCUT2D eigenvalue weighted by molar-refractivity contribution is -0.125. The Bertz CT molecular complexity index is 413. The lowest BCUT2D eigenvalue weighted by Crippen LogP contribution is -2.34. The second-order valence-corrected chi connectivity index (χ2v) is 4.88. The highest BCUT2D eigenvalue weighted by atomic mass is 16.5. The number of nitrogens with one attached hydrogen (secondary N) is 1. The summed E-state index contributed by atoms with van der Waals surface area (Å²) in [6.07, 6.45) is 5.54. The Morgan fingerprint density at radius 1 is 1.63 bits per heavy atom. The smallest absolute Gasteiger partial charge is 0.244 e.